The highest BCUT2D eigenvalue weighted by Crippen LogP contribution is 2.38. The SMILES string of the molecule is CC/C=C\C/C=C\C/C=C\C/C=C\C/C=C\CCCC(=O)O[C@H](COC(=O)CCC/C=C\C/C=C\C/C=C\C/C=C\CC(O)CCC)COP(=O)([O-])OCC[N+](C)(C)C. The molecule has 59 heavy (non-hydrogen) atoms. The fraction of sp³-hybridized carbons (Fsp3) is 0.583. The number of allylic oxidation sites excluding steroid dienone is 17. The van der Waals surface area contributed by atoms with E-state index in [1.807, 2.05) is 45.4 Å². The van der Waals surface area contributed by atoms with Gasteiger partial charge in [-0.25, -0.2) is 0 Å². The molecule has 11 heteroatoms. The topological polar surface area (TPSA) is 131 Å². The zero-order valence-electron chi connectivity index (χ0n) is 37.0. The Morgan fingerprint density at radius 2 is 1.07 bits per heavy atom. The molecular formula is C48H78NO9P. The lowest BCUT2D eigenvalue weighted by Crippen LogP contribution is -2.37. The second-order valence-corrected chi connectivity index (χ2v) is 16.6. The lowest BCUT2D eigenvalue weighted by Gasteiger charge is -2.28. The molecule has 0 saturated carbocycles. The quantitative estimate of drug-likeness (QED) is 0.0213. The number of ether oxygens (including phenoxy) is 2. The van der Waals surface area contributed by atoms with Gasteiger partial charge in [-0.3, -0.25) is 14.2 Å². The molecule has 2 unspecified atom stereocenters. The van der Waals surface area contributed by atoms with Gasteiger partial charge in [0.2, 0.25) is 0 Å². The summed E-state index contributed by atoms with van der Waals surface area (Å²) < 4.78 is 33.7. The van der Waals surface area contributed by atoms with E-state index in [1.54, 1.807) is 0 Å². The maximum atomic E-state index is 12.6. The van der Waals surface area contributed by atoms with Gasteiger partial charge in [0, 0.05) is 12.8 Å². The molecule has 0 fully saturated rings. The Bertz CT molecular complexity index is 1380. The van der Waals surface area contributed by atoms with Crippen LogP contribution in [0.15, 0.2) is 109 Å². The molecule has 3 atom stereocenters. The molecule has 0 aliphatic rings. The number of carbonyl (C=O) groups is 2. The molecule has 0 spiro atoms. The number of phosphoric ester groups is 1. The first-order valence-electron chi connectivity index (χ1n) is 21.7. The van der Waals surface area contributed by atoms with Crippen LogP contribution < -0.4 is 4.89 Å². The van der Waals surface area contributed by atoms with Crippen molar-refractivity contribution >= 4 is 19.8 Å². The Morgan fingerprint density at radius 3 is 1.53 bits per heavy atom. The standard InChI is InChI=1S/C48H78NO9P/c1-6-8-9-10-11-12-13-14-15-16-17-20-24-27-30-33-36-40-48(52)58-46(44-57-59(53,54)56-42-41-49(3,4)5)43-55-47(51)39-35-32-29-26-23-21-18-19-22-25-28-31-34-38-45(50)37-7-2/h8-9,11-12,14-15,17-18,20-22,25-27,29-31,34,45-46,50H,6-7,10,13,16,19,23-24,28,32-33,35-44H2,1-5H3/b9-8-,12-11-,15-14-,20-17-,21-18-,25-22-,29-26-,30-27-,34-31-/t45?,46-/m1/s1. The largest absolute Gasteiger partial charge is 0.756 e. The summed E-state index contributed by atoms with van der Waals surface area (Å²) in [5.41, 5.74) is 0. The molecule has 0 aliphatic carbocycles. The summed E-state index contributed by atoms with van der Waals surface area (Å²) in [5.74, 6) is -1.00. The molecule has 0 aromatic carbocycles. The number of hydrogen-bond donors (Lipinski definition) is 1. The van der Waals surface area contributed by atoms with Crippen molar-refractivity contribution < 1.29 is 47.2 Å². The third kappa shape index (κ3) is 42.6. The highest BCUT2D eigenvalue weighted by atomic mass is 31.2. The van der Waals surface area contributed by atoms with Gasteiger partial charge in [-0.15, -0.1) is 0 Å². The second-order valence-electron chi connectivity index (χ2n) is 15.1. The van der Waals surface area contributed by atoms with Crippen LogP contribution in [0.4, 0.5) is 0 Å². The third-order valence-corrected chi connectivity index (χ3v) is 9.30. The molecule has 10 nitrogen and oxygen atoms in total. The Morgan fingerprint density at radius 1 is 0.627 bits per heavy atom. The van der Waals surface area contributed by atoms with Gasteiger partial charge < -0.3 is 33.0 Å². The molecule has 1 N–H and O–H groups in total. The summed E-state index contributed by atoms with van der Waals surface area (Å²) in [4.78, 5) is 37.5. The predicted octanol–water partition coefficient (Wildman–Crippen LogP) is 10.7. The van der Waals surface area contributed by atoms with Gasteiger partial charge in [0.15, 0.2) is 6.10 Å². The highest BCUT2D eigenvalue weighted by Gasteiger charge is 2.21. The number of aliphatic hydroxyl groups excluding tert-OH is 1. The number of aliphatic hydroxyl groups is 1. The van der Waals surface area contributed by atoms with Crippen LogP contribution >= 0.6 is 7.82 Å². The fourth-order valence-corrected chi connectivity index (χ4v) is 5.72. The molecule has 0 aliphatic heterocycles. The number of unbranched alkanes of at least 4 members (excludes halogenated alkanes) is 2. The van der Waals surface area contributed by atoms with Gasteiger partial charge in [0.05, 0.1) is 33.9 Å². The first kappa shape index (κ1) is 55.6. The first-order valence-corrected chi connectivity index (χ1v) is 23.1. The van der Waals surface area contributed by atoms with Crippen LogP contribution in [0, 0.1) is 0 Å². The second kappa shape index (κ2) is 38.8. The van der Waals surface area contributed by atoms with Crippen LogP contribution in [0.5, 0.6) is 0 Å². The average molecular weight is 844 g/mol. The van der Waals surface area contributed by atoms with Gasteiger partial charge >= 0.3 is 11.9 Å². The highest BCUT2D eigenvalue weighted by molar-refractivity contribution is 7.45. The van der Waals surface area contributed by atoms with E-state index in [0.717, 1.165) is 64.2 Å². The summed E-state index contributed by atoms with van der Waals surface area (Å²) >= 11 is 0. The van der Waals surface area contributed by atoms with E-state index < -0.39 is 32.5 Å². The van der Waals surface area contributed by atoms with Crippen LogP contribution in [0.1, 0.15) is 123 Å². The minimum atomic E-state index is -4.67. The van der Waals surface area contributed by atoms with Crippen molar-refractivity contribution in [2.45, 2.75) is 135 Å². The van der Waals surface area contributed by atoms with Crippen molar-refractivity contribution in [1.29, 1.82) is 0 Å². The van der Waals surface area contributed by atoms with Gasteiger partial charge in [-0.05, 0) is 89.9 Å². The number of rotatable bonds is 37. The molecule has 0 rings (SSSR count). The summed E-state index contributed by atoms with van der Waals surface area (Å²) in [5, 5.41) is 9.73. The van der Waals surface area contributed by atoms with Gasteiger partial charge in [0.1, 0.15) is 19.8 Å². The Hall–Kier alpha value is -3.37. The summed E-state index contributed by atoms with van der Waals surface area (Å²) in [6.45, 7) is 3.73. The van der Waals surface area contributed by atoms with E-state index in [1.165, 1.54) is 0 Å². The molecule has 0 heterocycles. The maximum absolute atomic E-state index is 12.6. The molecular weight excluding hydrogens is 766 g/mol. The molecule has 0 saturated heterocycles. The van der Waals surface area contributed by atoms with Gasteiger partial charge in [-0.1, -0.05) is 130 Å². The maximum Gasteiger partial charge on any atom is 0.306 e. The van der Waals surface area contributed by atoms with Crippen molar-refractivity contribution in [3.63, 3.8) is 0 Å². The Balaban J connectivity index is 4.60. The molecule has 0 radical (unpaired) electrons. The van der Waals surface area contributed by atoms with Crippen LogP contribution in [0.2, 0.25) is 0 Å². The summed E-state index contributed by atoms with van der Waals surface area (Å²) in [6, 6.07) is 0. The monoisotopic (exact) mass is 844 g/mol. The van der Waals surface area contributed by atoms with Crippen molar-refractivity contribution in [3.05, 3.63) is 109 Å². The number of quaternary nitrogens is 1. The number of carbonyl (C=O) groups excluding carboxylic acids is 2. The van der Waals surface area contributed by atoms with E-state index in [-0.39, 0.29) is 32.2 Å². The van der Waals surface area contributed by atoms with E-state index in [9.17, 15) is 24.2 Å². The summed E-state index contributed by atoms with van der Waals surface area (Å²) in [6.07, 6.45) is 49.1. The Labute approximate surface area is 358 Å². The number of phosphoric acid groups is 1. The normalized spacial score (nSPS) is 15.2. The number of nitrogens with zero attached hydrogens (tertiary/aromatic N) is 1. The lowest BCUT2D eigenvalue weighted by atomic mass is 10.1. The smallest absolute Gasteiger partial charge is 0.306 e. The van der Waals surface area contributed by atoms with E-state index in [2.05, 4.69) is 98.9 Å². The number of likely N-dealkylation sites (N-methyl/N-ethyl adjacent to an activating group) is 1. The molecule has 0 bridgehead atoms. The van der Waals surface area contributed by atoms with Crippen LogP contribution in [0.25, 0.3) is 0 Å². The number of hydrogen-bond acceptors (Lipinski definition) is 9. The predicted molar refractivity (Wildman–Crippen MR) is 241 cm³/mol. The van der Waals surface area contributed by atoms with E-state index in [4.69, 9.17) is 18.5 Å². The minimum Gasteiger partial charge on any atom is -0.756 e. The van der Waals surface area contributed by atoms with Crippen molar-refractivity contribution in [2.75, 3.05) is 47.5 Å². The molecule has 0 amide bonds. The zero-order chi connectivity index (χ0) is 43.7. The first-order chi connectivity index (χ1) is 28.4. The number of esters is 2. The van der Waals surface area contributed by atoms with Crippen molar-refractivity contribution in [2.24, 2.45) is 0 Å². The lowest BCUT2D eigenvalue weighted by molar-refractivity contribution is -0.870. The third-order valence-electron chi connectivity index (χ3n) is 8.33. The van der Waals surface area contributed by atoms with Gasteiger partial charge in [0.25, 0.3) is 7.82 Å². The fourth-order valence-electron chi connectivity index (χ4n) is 4.99. The van der Waals surface area contributed by atoms with Crippen LogP contribution in [0.3, 0.4) is 0 Å². The minimum absolute atomic E-state index is 0.0630. The molecule has 0 aromatic rings. The van der Waals surface area contributed by atoms with Crippen LogP contribution in [-0.4, -0.2) is 81.2 Å². The van der Waals surface area contributed by atoms with Crippen molar-refractivity contribution in [1.82, 2.24) is 0 Å². The average Bonchev–Trinajstić information content (AvgIpc) is 3.18. The van der Waals surface area contributed by atoms with Crippen LogP contribution in [-0.2, 0) is 32.7 Å². The van der Waals surface area contributed by atoms with E-state index >= 15 is 0 Å². The van der Waals surface area contributed by atoms with E-state index in [0.29, 0.717) is 43.1 Å². The van der Waals surface area contributed by atoms with Crippen molar-refractivity contribution in [3.8, 4) is 0 Å². The zero-order valence-corrected chi connectivity index (χ0v) is 37.9. The molecule has 0 aromatic heterocycles. The molecule has 334 valence electrons. The Kier molecular flexibility index (Phi) is 36.6. The van der Waals surface area contributed by atoms with Gasteiger partial charge in [-0.2, -0.15) is 0 Å². The summed E-state index contributed by atoms with van der Waals surface area (Å²) in [7, 11) is 1.06.